The van der Waals surface area contributed by atoms with Crippen LogP contribution in [0.5, 0.6) is 5.75 Å². The molecule has 0 spiro atoms. The molecular weight excluding hydrogens is 412 g/mol. The summed E-state index contributed by atoms with van der Waals surface area (Å²) in [4.78, 5) is 12.6. The van der Waals surface area contributed by atoms with Crippen LogP contribution >= 0.6 is 11.6 Å². The first-order chi connectivity index (χ1) is 13.8. The van der Waals surface area contributed by atoms with Crippen molar-refractivity contribution in [3.63, 3.8) is 0 Å². The van der Waals surface area contributed by atoms with Crippen molar-refractivity contribution >= 4 is 38.9 Å². The smallest absolute Gasteiger partial charge is 0.264 e. The molecule has 3 aromatic carbocycles. The Labute approximate surface area is 174 Å². The number of hydrogen-bond donors (Lipinski definition) is 2. The molecule has 3 aromatic rings. The van der Waals surface area contributed by atoms with Crippen LogP contribution in [0.1, 0.15) is 17.3 Å². The van der Waals surface area contributed by atoms with E-state index in [4.69, 9.17) is 11.6 Å². The molecule has 6 nitrogen and oxygen atoms in total. The van der Waals surface area contributed by atoms with Gasteiger partial charge in [-0.15, -0.1) is 0 Å². The molecule has 0 aliphatic carbocycles. The largest absolute Gasteiger partial charge is 0.508 e. The first kappa shape index (κ1) is 20.7. The predicted molar refractivity (Wildman–Crippen MR) is 114 cm³/mol. The monoisotopic (exact) mass is 430 g/mol. The number of sulfonamides is 1. The highest BCUT2D eigenvalue weighted by molar-refractivity contribution is 7.92. The molecule has 0 radical (unpaired) electrons. The van der Waals surface area contributed by atoms with Gasteiger partial charge in [0.05, 0.1) is 21.2 Å². The van der Waals surface area contributed by atoms with Crippen molar-refractivity contribution in [3.05, 3.63) is 83.4 Å². The molecule has 0 saturated carbocycles. The summed E-state index contributed by atoms with van der Waals surface area (Å²) in [6.45, 7) is 1.95. The molecule has 0 bridgehead atoms. The Morgan fingerprint density at radius 3 is 2.41 bits per heavy atom. The minimum atomic E-state index is -3.90. The standard InChI is InChI=1S/C21H19ClN2O4S/c1-2-24(16-8-4-3-5-9-16)29(27,28)18-11-12-20(22)19(14-18)21(26)23-15-7-6-10-17(25)13-15/h3-14,25H,2H2,1H3,(H,23,26). The number of benzene rings is 3. The topological polar surface area (TPSA) is 86.7 Å². The van der Waals surface area contributed by atoms with Gasteiger partial charge in [0.15, 0.2) is 0 Å². The molecule has 0 unspecified atom stereocenters. The normalized spacial score (nSPS) is 11.1. The molecule has 1 amide bonds. The Kier molecular flexibility index (Phi) is 6.10. The van der Waals surface area contributed by atoms with E-state index in [0.717, 1.165) is 0 Å². The van der Waals surface area contributed by atoms with Crippen LogP contribution in [-0.4, -0.2) is 26.0 Å². The molecule has 29 heavy (non-hydrogen) atoms. The van der Waals surface area contributed by atoms with Gasteiger partial charge in [0, 0.05) is 18.3 Å². The summed E-state index contributed by atoms with van der Waals surface area (Å²) in [5.74, 6) is -0.591. The Morgan fingerprint density at radius 1 is 1.03 bits per heavy atom. The van der Waals surface area contributed by atoms with Gasteiger partial charge in [-0.2, -0.15) is 0 Å². The van der Waals surface area contributed by atoms with Gasteiger partial charge in [-0.1, -0.05) is 35.9 Å². The number of phenols is 1. The lowest BCUT2D eigenvalue weighted by Crippen LogP contribution is -2.31. The van der Waals surface area contributed by atoms with Crippen LogP contribution in [0.25, 0.3) is 0 Å². The van der Waals surface area contributed by atoms with E-state index in [1.807, 2.05) is 0 Å². The van der Waals surface area contributed by atoms with Gasteiger partial charge in [-0.3, -0.25) is 9.10 Å². The van der Waals surface area contributed by atoms with E-state index in [1.165, 1.54) is 34.6 Å². The molecule has 150 valence electrons. The van der Waals surface area contributed by atoms with Gasteiger partial charge >= 0.3 is 0 Å². The minimum absolute atomic E-state index is 0.00771. The number of anilines is 2. The summed E-state index contributed by atoms with van der Waals surface area (Å²) >= 11 is 6.15. The predicted octanol–water partition coefficient (Wildman–Crippen LogP) is 4.51. The summed E-state index contributed by atoms with van der Waals surface area (Å²) in [6, 6.07) is 18.7. The maximum absolute atomic E-state index is 13.2. The highest BCUT2D eigenvalue weighted by atomic mass is 35.5. The zero-order chi connectivity index (χ0) is 21.0. The third-order valence-corrected chi connectivity index (χ3v) is 6.43. The number of phenolic OH excluding ortho intramolecular Hbond substituents is 1. The van der Waals surface area contributed by atoms with Crippen molar-refractivity contribution in [3.8, 4) is 5.75 Å². The van der Waals surface area contributed by atoms with Crippen LogP contribution < -0.4 is 9.62 Å². The van der Waals surface area contributed by atoms with Crippen molar-refractivity contribution in [1.29, 1.82) is 0 Å². The fourth-order valence-electron chi connectivity index (χ4n) is 2.83. The van der Waals surface area contributed by atoms with Crippen LogP contribution in [0.2, 0.25) is 5.02 Å². The van der Waals surface area contributed by atoms with Gasteiger partial charge in [0.25, 0.3) is 15.9 Å². The van der Waals surface area contributed by atoms with E-state index >= 15 is 0 Å². The Morgan fingerprint density at radius 2 is 1.76 bits per heavy atom. The minimum Gasteiger partial charge on any atom is -0.508 e. The number of aromatic hydroxyl groups is 1. The lowest BCUT2D eigenvalue weighted by molar-refractivity contribution is 0.102. The summed E-state index contributed by atoms with van der Waals surface area (Å²) in [6.07, 6.45) is 0. The van der Waals surface area contributed by atoms with E-state index in [1.54, 1.807) is 49.4 Å². The van der Waals surface area contributed by atoms with Crippen LogP contribution in [0.15, 0.2) is 77.7 Å². The molecule has 0 aliphatic rings. The van der Waals surface area contributed by atoms with Crippen LogP contribution in [0, 0.1) is 0 Å². The van der Waals surface area contributed by atoms with Crippen molar-refractivity contribution in [1.82, 2.24) is 0 Å². The van der Waals surface area contributed by atoms with E-state index < -0.39 is 15.9 Å². The third-order valence-electron chi connectivity index (χ3n) is 4.21. The van der Waals surface area contributed by atoms with Crippen LogP contribution in [-0.2, 0) is 10.0 Å². The summed E-state index contributed by atoms with van der Waals surface area (Å²) in [5.41, 5.74) is 0.898. The SMILES string of the molecule is CCN(c1ccccc1)S(=O)(=O)c1ccc(Cl)c(C(=O)Nc2cccc(O)c2)c1. The first-order valence-electron chi connectivity index (χ1n) is 8.80. The van der Waals surface area contributed by atoms with Gasteiger partial charge in [0.2, 0.25) is 0 Å². The van der Waals surface area contributed by atoms with E-state index in [9.17, 15) is 18.3 Å². The number of carbonyl (C=O) groups excluding carboxylic acids is 1. The number of halogens is 1. The van der Waals surface area contributed by atoms with Gasteiger partial charge in [0.1, 0.15) is 5.75 Å². The zero-order valence-electron chi connectivity index (χ0n) is 15.5. The lowest BCUT2D eigenvalue weighted by Gasteiger charge is -2.23. The van der Waals surface area contributed by atoms with Crippen molar-refractivity contribution in [2.24, 2.45) is 0 Å². The third kappa shape index (κ3) is 4.52. The summed E-state index contributed by atoms with van der Waals surface area (Å²) < 4.78 is 27.6. The van der Waals surface area contributed by atoms with Crippen LogP contribution in [0.3, 0.4) is 0 Å². The Hall–Kier alpha value is -3.03. The van der Waals surface area contributed by atoms with Crippen molar-refractivity contribution in [2.45, 2.75) is 11.8 Å². The van der Waals surface area contributed by atoms with Crippen LogP contribution in [0.4, 0.5) is 11.4 Å². The number of para-hydroxylation sites is 1. The summed E-state index contributed by atoms with van der Waals surface area (Å²) in [5, 5.41) is 12.3. The lowest BCUT2D eigenvalue weighted by atomic mass is 10.2. The highest BCUT2D eigenvalue weighted by Gasteiger charge is 2.25. The number of carbonyl (C=O) groups is 1. The molecule has 0 saturated heterocycles. The molecule has 0 heterocycles. The highest BCUT2D eigenvalue weighted by Crippen LogP contribution is 2.27. The number of rotatable bonds is 6. The fraction of sp³-hybridized carbons (Fsp3) is 0.0952. The molecule has 0 fully saturated rings. The van der Waals surface area contributed by atoms with E-state index in [2.05, 4.69) is 5.32 Å². The van der Waals surface area contributed by atoms with E-state index in [0.29, 0.717) is 11.4 Å². The molecule has 3 rings (SSSR count). The Bertz CT molecular complexity index is 1130. The second kappa shape index (κ2) is 8.55. The molecule has 0 aliphatic heterocycles. The maximum Gasteiger partial charge on any atom is 0.264 e. The van der Waals surface area contributed by atoms with Crippen molar-refractivity contribution in [2.75, 3.05) is 16.2 Å². The number of nitrogens with zero attached hydrogens (tertiary/aromatic N) is 1. The van der Waals surface area contributed by atoms with Gasteiger partial charge < -0.3 is 10.4 Å². The number of hydrogen-bond acceptors (Lipinski definition) is 4. The number of amides is 1. The fourth-order valence-corrected chi connectivity index (χ4v) is 4.54. The van der Waals surface area contributed by atoms with E-state index in [-0.39, 0.29) is 27.8 Å². The Balaban J connectivity index is 1.96. The van der Waals surface area contributed by atoms with Gasteiger partial charge in [-0.05, 0) is 49.4 Å². The maximum atomic E-state index is 13.2. The van der Waals surface area contributed by atoms with Crippen molar-refractivity contribution < 1.29 is 18.3 Å². The first-order valence-corrected chi connectivity index (χ1v) is 10.6. The molecule has 8 heteroatoms. The molecule has 2 N–H and O–H groups in total. The van der Waals surface area contributed by atoms with Gasteiger partial charge in [-0.25, -0.2) is 8.42 Å². The molecular formula is C21H19ClN2O4S. The number of nitrogens with one attached hydrogen (secondary N) is 1. The molecule has 0 atom stereocenters. The zero-order valence-corrected chi connectivity index (χ0v) is 17.1. The summed E-state index contributed by atoms with van der Waals surface area (Å²) in [7, 11) is -3.90. The second-order valence-electron chi connectivity index (χ2n) is 6.15. The average molecular weight is 431 g/mol. The molecule has 0 aromatic heterocycles. The average Bonchev–Trinajstić information content (AvgIpc) is 2.69. The second-order valence-corrected chi connectivity index (χ2v) is 8.42. The quantitative estimate of drug-likeness (QED) is 0.602.